The Morgan fingerprint density at radius 1 is 0.917 bits per heavy atom. The lowest BCUT2D eigenvalue weighted by molar-refractivity contribution is -0.144. The number of fused-ring (bicyclic) bond motifs is 2. The predicted octanol–water partition coefficient (Wildman–Crippen LogP) is 5.39. The van der Waals surface area contributed by atoms with Gasteiger partial charge in [0, 0.05) is 43.7 Å². The molecular weight excluding hydrogens is 489 g/mol. The van der Waals surface area contributed by atoms with E-state index in [1.165, 1.54) is 0 Å². The molecule has 0 bridgehead atoms. The van der Waals surface area contributed by atoms with Gasteiger partial charge < -0.3 is 19.6 Å². The first-order valence-corrected chi connectivity index (χ1v) is 12.6. The number of anilines is 1. The van der Waals surface area contributed by atoms with E-state index in [0.29, 0.717) is 24.4 Å². The van der Waals surface area contributed by atoms with Gasteiger partial charge in [-0.25, -0.2) is 9.97 Å². The van der Waals surface area contributed by atoms with Crippen molar-refractivity contribution in [2.24, 2.45) is 0 Å². The lowest BCUT2D eigenvalue weighted by Crippen LogP contribution is -2.47. The Kier molecular flexibility index (Phi) is 5.81. The molecule has 4 heterocycles. The number of para-hydroxylation sites is 2. The summed E-state index contributed by atoms with van der Waals surface area (Å²) in [7, 11) is 0. The number of aromatic nitrogens is 4. The van der Waals surface area contributed by atoms with Gasteiger partial charge in [-0.15, -0.1) is 0 Å². The normalized spacial score (nSPS) is 15.2. The number of rotatable bonds is 6. The Morgan fingerprint density at radius 3 is 2.44 bits per heavy atom. The molecule has 7 nitrogen and oxygen atoms in total. The molecule has 0 unspecified atom stereocenters. The van der Waals surface area contributed by atoms with Gasteiger partial charge in [-0.05, 0) is 35.7 Å². The molecule has 2 aromatic carbocycles. The number of imidazole rings is 2. The largest absolute Gasteiger partial charge is 0.490 e. The van der Waals surface area contributed by atoms with Crippen molar-refractivity contribution in [1.82, 2.24) is 24.8 Å². The Hall–Kier alpha value is -3.57. The number of aromatic amines is 2. The summed E-state index contributed by atoms with van der Waals surface area (Å²) in [6.45, 7) is 4.45. The van der Waals surface area contributed by atoms with Crippen molar-refractivity contribution in [3.63, 3.8) is 0 Å². The third-order valence-electron chi connectivity index (χ3n) is 6.41. The number of nitrogens with zero attached hydrogens (tertiary/aromatic N) is 4. The molecule has 0 atom stereocenters. The van der Waals surface area contributed by atoms with Crippen LogP contribution in [0.5, 0.6) is 5.75 Å². The van der Waals surface area contributed by atoms with E-state index >= 15 is 0 Å². The summed E-state index contributed by atoms with van der Waals surface area (Å²) in [4.78, 5) is 19.0. The van der Waals surface area contributed by atoms with Crippen LogP contribution in [0.15, 0.2) is 53.2 Å². The summed E-state index contributed by atoms with van der Waals surface area (Å²) in [6, 6.07) is 13.1. The van der Waals surface area contributed by atoms with E-state index in [4.69, 9.17) is 9.72 Å². The number of piperazine rings is 1. The maximum atomic E-state index is 13.0. The third kappa shape index (κ3) is 4.40. The van der Waals surface area contributed by atoms with Crippen molar-refractivity contribution >= 4 is 39.1 Å². The molecule has 1 aliphatic heterocycles. The van der Waals surface area contributed by atoms with Gasteiger partial charge >= 0.3 is 6.18 Å². The summed E-state index contributed by atoms with van der Waals surface area (Å²) in [6.07, 6.45) is -4.53. The highest BCUT2D eigenvalue weighted by molar-refractivity contribution is 7.08. The van der Waals surface area contributed by atoms with Gasteiger partial charge in [0.2, 0.25) is 5.82 Å². The number of ether oxygens (including phenoxy) is 1. The van der Waals surface area contributed by atoms with Crippen LogP contribution in [-0.2, 0) is 6.18 Å². The minimum Gasteiger partial charge on any atom is -0.490 e. The summed E-state index contributed by atoms with van der Waals surface area (Å²) in [5.41, 5.74) is 4.71. The van der Waals surface area contributed by atoms with Crippen molar-refractivity contribution < 1.29 is 17.9 Å². The Bertz CT molecular complexity index is 1490. The number of hydrogen-bond donors (Lipinski definition) is 2. The number of benzene rings is 2. The van der Waals surface area contributed by atoms with Crippen LogP contribution in [-0.4, -0.2) is 64.2 Å². The molecule has 6 rings (SSSR count). The Labute approximate surface area is 208 Å². The first kappa shape index (κ1) is 22.9. The van der Waals surface area contributed by atoms with Crippen LogP contribution in [0.25, 0.3) is 33.5 Å². The second-order valence-corrected chi connectivity index (χ2v) is 9.46. The monoisotopic (exact) mass is 512 g/mol. The SMILES string of the molecule is FC(F)(F)c1nc2c(OCCN3CCN(c4cccc5[nH]c(-c6ccsc6)nc45)CC3)cccc2[nH]1. The molecule has 2 N–H and O–H groups in total. The number of nitrogens with one attached hydrogen (secondary N) is 2. The summed E-state index contributed by atoms with van der Waals surface area (Å²) in [5, 5.41) is 4.13. The van der Waals surface area contributed by atoms with Gasteiger partial charge in [-0.2, -0.15) is 24.5 Å². The van der Waals surface area contributed by atoms with Gasteiger partial charge in [0.05, 0.1) is 16.7 Å². The topological polar surface area (TPSA) is 73.1 Å². The fraction of sp³-hybridized carbons (Fsp3) is 0.280. The fourth-order valence-corrected chi connectivity index (χ4v) is 5.20. The molecule has 0 spiro atoms. The molecule has 11 heteroatoms. The second kappa shape index (κ2) is 9.14. The summed E-state index contributed by atoms with van der Waals surface area (Å²) < 4.78 is 44.9. The van der Waals surface area contributed by atoms with E-state index in [9.17, 15) is 13.2 Å². The van der Waals surface area contributed by atoms with Gasteiger partial charge in [-0.3, -0.25) is 4.90 Å². The molecule has 0 radical (unpaired) electrons. The van der Waals surface area contributed by atoms with E-state index in [1.807, 2.05) is 17.5 Å². The fourth-order valence-electron chi connectivity index (χ4n) is 4.56. The van der Waals surface area contributed by atoms with Crippen LogP contribution < -0.4 is 9.64 Å². The Morgan fingerprint density at radius 2 is 1.69 bits per heavy atom. The highest BCUT2D eigenvalue weighted by Gasteiger charge is 2.35. The first-order chi connectivity index (χ1) is 17.5. The molecule has 186 valence electrons. The number of alkyl halides is 3. The first-order valence-electron chi connectivity index (χ1n) is 11.6. The van der Waals surface area contributed by atoms with Gasteiger partial charge in [0.1, 0.15) is 29.2 Å². The molecule has 3 aromatic heterocycles. The zero-order chi connectivity index (χ0) is 24.7. The maximum absolute atomic E-state index is 13.0. The average molecular weight is 513 g/mol. The maximum Gasteiger partial charge on any atom is 0.449 e. The molecule has 1 aliphatic rings. The zero-order valence-electron chi connectivity index (χ0n) is 19.2. The van der Waals surface area contributed by atoms with E-state index in [2.05, 4.69) is 42.3 Å². The van der Waals surface area contributed by atoms with Crippen molar-refractivity contribution in [1.29, 1.82) is 0 Å². The summed E-state index contributed by atoms with van der Waals surface area (Å²) >= 11 is 1.65. The van der Waals surface area contributed by atoms with Crippen LogP contribution in [0.3, 0.4) is 0 Å². The lowest BCUT2D eigenvalue weighted by atomic mass is 10.2. The van der Waals surface area contributed by atoms with Crippen molar-refractivity contribution in [2.75, 3.05) is 44.2 Å². The number of H-pyrrole nitrogens is 2. The van der Waals surface area contributed by atoms with Crippen LogP contribution in [0.2, 0.25) is 0 Å². The molecule has 36 heavy (non-hydrogen) atoms. The zero-order valence-corrected chi connectivity index (χ0v) is 20.0. The minimum absolute atomic E-state index is 0.198. The molecule has 1 saturated heterocycles. The Balaban J connectivity index is 1.08. The molecule has 1 fully saturated rings. The van der Waals surface area contributed by atoms with Crippen molar-refractivity contribution in [3.8, 4) is 17.1 Å². The molecular formula is C25H23F3N6OS. The van der Waals surface area contributed by atoms with Gasteiger partial charge in [0.15, 0.2) is 0 Å². The summed E-state index contributed by atoms with van der Waals surface area (Å²) in [5.74, 6) is 0.215. The van der Waals surface area contributed by atoms with Crippen LogP contribution in [0.4, 0.5) is 18.9 Å². The average Bonchev–Trinajstić information content (AvgIpc) is 3.63. The molecule has 0 saturated carbocycles. The van der Waals surface area contributed by atoms with E-state index < -0.39 is 12.0 Å². The van der Waals surface area contributed by atoms with Crippen LogP contribution >= 0.6 is 11.3 Å². The predicted molar refractivity (Wildman–Crippen MR) is 135 cm³/mol. The van der Waals surface area contributed by atoms with Gasteiger partial charge in [0.25, 0.3) is 0 Å². The smallest absolute Gasteiger partial charge is 0.449 e. The lowest BCUT2D eigenvalue weighted by Gasteiger charge is -2.36. The number of hydrogen-bond acceptors (Lipinski definition) is 6. The molecule has 5 aromatic rings. The molecule has 0 amide bonds. The van der Waals surface area contributed by atoms with Crippen LogP contribution in [0, 0.1) is 0 Å². The number of thiophene rings is 1. The standard InChI is InChI=1S/C25H23F3N6OS/c26-25(27,28)24-30-18-4-2-6-20(22(18)32-24)35-13-12-33-8-10-34(11-9-33)19-5-1-3-17-21(19)31-23(29-17)16-7-14-36-15-16/h1-7,14-15H,8-13H2,(H,29,31)(H,30,32). The quantitative estimate of drug-likeness (QED) is 0.319. The number of halogens is 3. The van der Waals surface area contributed by atoms with E-state index in [-0.39, 0.29) is 5.52 Å². The van der Waals surface area contributed by atoms with E-state index in [1.54, 1.807) is 29.5 Å². The van der Waals surface area contributed by atoms with Crippen molar-refractivity contribution in [2.45, 2.75) is 6.18 Å². The highest BCUT2D eigenvalue weighted by Crippen LogP contribution is 2.32. The third-order valence-corrected chi connectivity index (χ3v) is 7.09. The minimum atomic E-state index is -4.53. The van der Waals surface area contributed by atoms with Crippen LogP contribution in [0.1, 0.15) is 5.82 Å². The van der Waals surface area contributed by atoms with Gasteiger partial charge in [-0.1, -0.05) is 12.1 Å². The highest BCUT2D eigenvalue weighted by atomic mass is 32.1. The van der Waals surface area contributed by atoms with Crippen molar-refractivity contribution in [3.05, 3.63) is 59.0 Å². The molecule has 0 aliphatic carbocycles. The van der Waals surface area contributed by atoms with E-state index in [0.717, 1.165) is 54.3 Å². The second-order valence-electron chi connectivity index (χ2n) is 8.68.